The summed E-state index contributed by atoms with van der Waals surface area (Å²) in [4.78, 5) is 40.8. The second-order valence-electron chi connectivity index (χ2n) is 5.72. The second kappa shape index (κ2) is 5.63. The van der Waals surface area contributed by atoms with Crippen LogP contribution in [-0.4, -0.2) is 35.0 Å². The van der Waals surface area contributed by atoms with Crippen LogP contribution in [-0.2, 0) is 9.59 Å². The monoisotopic (exact) mass is 357 g/mol. The van der Waals surface area contributed by atoms with Crippen molar-refractivity contribution in [2.75, 3.05) is 22.1 Å². The highest BCUT2D eigenvalue weighted by atomic mass is 32.2. The molecule has 0 N–H and O–H groups in total. The van der Waals surface area contributed by atoms with Crippen molar-refractivity contribution in [2.24, 2.45) is 0 Å². The molecule has 8 heteroatoms. The highest BCUT2D eigenvalue weighted by Crippen LogP contribution is 2.41. The molecule has 1 aromatic rings. The van der Waals surface area contributed by atoms with Crippen molar-refractivity contribution in [1.29, 1.82) is 0 Å². The summed E-state index contributed by atoms with van der Waals surface area (Å²) in [7, 11) is 0. The number of halogens is 1. The zero-order valence-electron chi connectivity index (χ0n) is 13.0. The van der Waals surface area contributed by atoms with Crippen molar-refractivity contribution in [3.05, 3.63) is 29.7 Å². The van der Waals surface area contributed by atoms with Gasteiger partial charge in [-0.3, -0.25) is 14.5 Å². The molecule has 4 amide bonds. The van der Waals surface area contributed by atoms with Crippen molar-refractivity contribution in [3.63, 3.8) is 0 Å². The van der Waals surface area contributed by atoms with Crippen molar-refractivity contribution in [3.8, 4) is 12.5 Å². The Morgan fingerprint density at radius 2 is 2.00 bits per heavy atom. The Bertz CT molecular complexity index is 905. The lowest BCUT2D eigenvalue weighted by atomic mass is 10.1. The molecule has 3 aliphatic heterocycles. The quantitative estimate of drug-likeness (QED) is 0.572. The Hall–Kier alpha value is -2.79. The van der Waals surface area contributed by atoms with Crippen LogP contribution in [0, 0.1) is 18.3 Å². The number of amides is 4. The number of fused-ring (bicyclic) bond motifs is 2. The zero-order valence-corrected chi connectivity index (χ0v) is 13.8. The van der Waals surface area contributed by atoms with Crippen molar-refractivity contribution in [1.82, 2.24) is 4.90 Å². The van der Waals surface area contributed by atoms with Gasteiger partial charge in [0, 0.05) is 17.5 Å². The van der Waals surface area contributed by atoms with Crippen molar-refractivity contribution < 1.29 is 18.8 Å². The van der Waals surface area contributed by atoms with Gasteiger partial charge in [0.25, 0.3) is 5.91 Å². The number of hydrogen-bond donors (Lipinski definition) is 0. The van der Waals surface area contributed by atoms with Crippen molar-refractivity contribution >= 4 is 41.0 Å². The molecule has 6 nitrogen and oxygen atoms in total. The van der Waals surface area contributed by atoms with E-state index < -0.39 is 17.8 Å². The van der Waals surface area contributed by atoms with E-state index in [1.807, 2.05) is 0 Å². The molecule has 0 bridgehead atoms. The van der Waals surface area contributed by atoms with Crippen LogP contribution in [0.4, 0.5) is 20.6 Å². The first-order chi connectivity index (χ1) is 12.0. The standard InChI is InChI=1S/C17H12FN3O3S/c1-2-19-13-8-12(10(18)7-14(13)25-9-15(19)22)21-16(23)11-5-3-4-6-20(11)17(21)24/h1,5,7-8H,3-4,6,9H2. The molecule has 0 radical (unpaired) electrons. The maximum absolute atomic E-state index is 14.6. The molecule has 1 aromatic carbocycles. The third-order valence-electron chi connectivity index (χ3n) is 4.30. The molecule has 0 saturated carbocycles. The van der Waals surface area contributed by atoms with Crippen LogP contribution in [0.25, 0.3) is 0 Å². The molecular formula is C17H12FN3O3S. The minimum absolute atomic E-state index is 0.109. The van der Waals surface area contributed by atoms with Gasteiger partial charge in [-0.2, -0.15) is 0 Å². The highest BCUT2D eigenvalue weighted by Gasteiger charge is 2.44. The molecule has 1 fully saturated rings. The SMILES string of the molecule is C#CN1C(=O)CSc2cc(F)c(N3C(=O)C4=CCCCN4C3=O)cc21. The molecule has 3 heterocycles. The van der Waals surface area contributed by atoms with Crippen LogP contribution in [0.15, 0.2) is 28.8 Å². The van der Waals surface area contributed by atoms with E-state index in [9.17, 15) is 18.8 Å². The van der Waals surface area contributed by atoms with E-state index in [-0.39, 0.29) is 23.0 Å². The summed E-state index contributed by atoms with van der Waals surface area (Å²) in [5.74, 6) is -1.47. The summed E-state index contributed by atoms with van der Waals surface area (Å²) in [6.45, 7) is 0.421. The lowest BCUT2D eigenvalue weighted by molar-refractivity contribution is -0.115. The van der Waals surface area contributed by atoms with Gasteiger partial charge >= 0.3 is 6.03 Å². The average molecular weight is 357 g/mol. The van der Waals surface area contributed by atoms with Crippen LogP contribution < -0.4 is 9.80 Å². The molecule has 126 valence electrons. The van der Waals surface area contributed by atoms with Crippen LogP contribution in [0.2, 0.25) is 0 Å². The lowest BCUT2D eigenvalue weighted by Gasteiger charge is -2.26. The summed E-state index contributed by atoms with van der Waals surface area (Å²) in [5, 5.41) is 0. The minimum atomic E-state index is -0.709. The van der Waals surface area contributed by atoms with E-state index >= 15 is 0 Å². The first-order valence-electron chi connectivity index (χ1n) is 7.64. The van der Waals surface area contributed by atoms with Gasteiger partial charge < -0.3 is 0 Å². The number of carbonyl (C=O) groups is 3. The fraction of sp³-hybridized carbons (Fsp3) is 0.235. The molecule has 4 rings (SSSR count). The number of anilines is 2. The number of urea groups is 1. The normalized spacial score (nSPS) is 19.6. The summed E-state index contributed by atoms with van der Waals surface area (Å²) in [5.41, 5.74) is 0.381. The summed E-state index contributed by atoms with van der Waals surface area (Å²) in [6.07, 6.45) is 8.52. The van der Waals surface area contributed by atoms with E-state index in [0.29, 0.717) is 23.5 Å². The van der Waals surface area contributed by atoms with Gasteiger partial charge in [-0.25, -0.2) is 19.0 Å². The number of thioether (sulfide) groups is 1. The van der Waals surface area contributed by atoms with Gasteiger partial charge in [0.05, 0.1) is 17.1 Å². The third-order valence-corrected chi connectivity index (χ3v) is 5.33. The molecule has 0 spiro atoms. The molecule has 0 atom stereocenters. The van der Waals surface area contributed by atoms with Crippen LogP contribution in [0.3, 0.4) is 0 Å². The van der Waals surface area contributed by atoms with Crippen LogP contribution >= 0.6 is 11.8 Å². The third kappa shape index (κ3) is 2.23. The van der Waals surface area contributed by atoms with Gasteiger partial charge in [-0.05, 0) is 25.0 Å². The Morgan fingerprint density at radius 1 is 1.20 bits per heavy atom. The first-order valence-corrected chi connectivity index (χ1v) is 8.63. The average Bonchev–Trinajstić information content (AvgIpc) is 2.86. The summed E-state index contributed by atoms with van der Waals surface area (Å²) in [6, 6.07) is 4.17. The fourth-order valence-electron chi connectivity index (χ4n) is 3.13. The second-order valence-corrected chi connectivity index (χ2v) is 6.74. The van der Waals surface area contributed by atoms with Crippen molar-refractivity contribution in [2.45, 2.75) is 17.7 Å². The maximum atomic E-state index is 14.6. The van der Waals surface area contributed by atoms with Gasteiger partial charge in [0.2, 0.25) is 5.91 Å². The molecule has 3 aliphatic rings. The van der Waals surface area contributed by atoms with Crippen LogP contribution in [0.1, 0.15) is 12.8 Å². The Kier molecular flexibility index (Phi) is 3.54. The number of allylic oxidation sites excluding steroid dienone is 1. The number of benzene rings is 1. The maximum Gasteiger partial charge on any atom is 0.336 e. The van der Waals surface area contributed by atoms with E-state index in [1.165, 1.54) is 28.8 Å². The van der Waals surface area contributed by atoms with Gasteiger partial charge in [0.15, 0.2) is 0 Å². The molecule has 25 heavy (non-hydrogen) atoms. The molecule has 0 unspecified atom stereocenters. The number of nitrogens with zero attached hydrogens (tertiary/aromatic N) is 3. The minimum Gasteiger partial charge on any atom is -0.289 e. The molecule has 1 saturated heterocycles. The Morgan fingerprint density at radius 3 is 2.72 bits per heavy atom. The number of rotatable bonds is 1. The smallest absolute Gasteiger partial charge is 0.289 e. The Balaban J connectivity index is 1.83. The zero-order chi connectivity index (χ0) is 17.7. The van der Waals surface area contributed by atoms with Crippen LogP contribution in [0.5, 0.6) is 0 Å². The topological polar surface area (TPSA) is 60.9 Å². The van der Waals surface area contributed by atoms with Gasteiger partial charge in [-0.15, -0.1) is 11.8 Å². The number of hydrogen-bond acceptors (Lipinski definition) is 4. The number of terminal acetylenes is 1. The molecule has 0 aromatic heterocycles. The summed E-state index contributed by atoms with van der Waals surface area (Å²) >= 11 is 1.17. The number of carbonyl (C=O) groups excluding carboxylic acids is 3. The Labute approximate surface area is 147 Å². The van der Waals surface area contributed by atoms with Gasteiger partial charge in [-0.1, -0.05) is 12.5 Å². The van der Waals surface area contributed by atoms with E-state index in [0.717, 1.165) is 16.2 Å². The summed E-state index contributed by atoms with van der Waals surface area (Å²) < 4.78 is 14.6. The van der Waals surface area contributed by atoms with E-state index in [2.05, 4.69) is 6.04 Å². The largest absolute Gasteiger partial charge is 0.336 e. The predicted molar refractivity (Wildman–Crippen MR) is 90.3 cm³/mol. The lowest BCUT2D eigenvalue weighted by Crippen LogP contribution is -2.35. The van der Waals surface area contributed by atoms with E-state index in [1.54, 1.807) is 6.08 Å². The number of imide groups is 1. The molecule has 0 aliphatic carbocycles. The fourth-order valence-corrected chi connectivity index (χ4v) is 4.02. The highest BCUT2D eigenvalue weighted by molar-refractivity contribution is 8.00. The van der Waals surface area contributed by atoms with E-state index in [4.69, 9.17) is 6.42 Å². The predicted octanol–water partition coefficient (Wildman–Crippen LogP) is 2.30. The van der Waals surface area contributed by atoms with Gasteiger partial charge in [0.1, 0.15) is 11.5 Å². The first kappa shape index (κ1) is 15.7. The molecular weight excluding hydrogens is 345 g/mol.